The Kier molecular flexibility index (Phi) is 7.03. The summed E-state index contributed by atoms with van der Waals surface area (Å²) in [6, 6.07) is 9.31. The first-order valence-corrected chi connectivity index (χ1v) is 7.51. The van der Waals surface area contributed by atoms with E-state index in [-0.39, 0.29) is 0 Å². The minimum absolute atomic E-state index is 0.520. The summed E-state index contributed by atoms with van der Waals surface area (Å²) in [5, 5.41) is 3.52. The maximum atomic E-state index is 5.43. The smallest absolute Gasteiger partial charge is 0.123 e. The van der Waals surface area contributed by atoms with Gasteiger partial charge in [-0.15, -0.1) is 0 Å². The second kappa shape index (κ2) is 8.28. The summed E-state index contributed by atoms with van der Waals surface area (Å²) in [5.41, 5.74) is 1.24. The lowest BCUT2D eigenvalue weighted by atomic mass is 10.0. The maximum Gasteiger partial charge on any atom is 0.123 e. The van der Waals surface area contributed by atoms with E-state index in [0.29, 0.717) is 18.0 Å². The van der Waals surface area contributed by atoms with Gasteiger partial charge in [0.2, 0.25) is 0 Å². The van der Waals surface area contributed by atoms with Crippen LogP contribution in [0.25, 0.3) is 0 Å². The van der Waals surface area contributed by atoms with Gasteiger partial charge in [0.1, 0.15) is 5.75 Å². The van der Waals surface area contributed by atoms with Crippen LogP contribution in [0.5, 0.6) is 5.75 Å². The van der Waals surface area contributed by atoms with E-state index < -0.39 is 0 Å². The van der Waals surface area contributed by atoms with Crippen LogP contribution in [0.1, 0.15) is 33.3 Å². The van der Waals surface area contributed by atoms with Gasteiger partial charge in [0.05, 0.1) is 7.11 Å². The third-order valence-corrected chi connectivity index (χ3v) is 3.98. The number of methoxy groups -OCH3 is 1. The average molecular weight is 278 g/mol. The molecule has 0 aliphatic rings. The number of hydrogen-bond donors (Lipinski definition) is 1. The van der Waals surface area contributed by atoms with Crippen LogP contribution in [0, 0.1) is 5.92 Å². The van der Waals surface area contributed by atoms with Crippen molar-refractivity contribution in [2.45, 2.75) is 46.3 Å². The van der Waals surface area contributed by atoms with Crippen molar-refractivity contribution in [3.63, 3.8) is 0 Å². The van der Waals surface area contributed by atoms with Gasteiger partial charge in [0, 0.05) is 24.2 Å². The molecule has 0 heterocycles. The van der Waals surface area contributed by atoms with Crippen LogP contribution < -0.4 is 10.1 Å². The molecule has 0 bridgehead atoms. The van der Waals surface area contributed by atoms with E-state index in [4.69, 9.17) is 4.74 Å². The molecule has 0 spiro atoms. The Balaban J connectivity index is 2.58. The van der Waals surface area contributed by atoms with Crippen molar-refractivity contribution in [3.8, 4) is 5.75 Å². The zero-order valence-electron chi connectivity index (χ0n) is 13.8. The van der Waals surface area contributed by atoms with Crippen LogP contribution in [0.3, 0.4) is 0 Å². The predicted octanol–water partition coefficient (Wildman–Crippen LogP) is 3.15. The van der Waals surface area contributed by atoms with E-state index in [1.165, 1.54) is 5.56 Å². The lowest BCUT2D eigenvalue weighted by molar-refractivity contribution is 0.185. The van der Waals surface area contributed by atoms with Gasteiger partial charge in [-0.05, 0) is 32.5 Å². The van der Waals surface area contributed by atoms with Crippen molar-refractivity contribution in [1.29, 1.82) is 0 Å². The standard InChI is InChI=1S/C17H30N2O/c1-13(2)18-11-14(3)15(4)19(5)12-16-9-7-8-10-17(16)20-6/h7-10,13-15,18H,11-12H2,1-6H3. The van der Waals surface area contributed by atoms with E-state index in [0.717, 1.165) is 18.8 Å². The van der Waals surface area contributed by atoms with Gasteiger partial charge in [0.15, 0.2) is 0 Å². The van der Waals surface area contributed by atoms with Crippen LogP contribution in [-0.4, -0.2) is 37.7 Å². The first-order valence-electron chi connectivity index (χ1n) is 7.51. The highest BCUT2D eigenvalue weighted by Crippen LogP contribution is 2.21. The van der Waals surface area contributed by atoms with Crippen LogP contribution in [0.2, 0.25) is 0 Å². The van der Waals surface area contributed by atoms with Crippen molar-refractivity contribution in [2.75, 3.05) is 20.7 Å². The fourth-order valence-electron chi connectivity index (χ4n) is 2.27. The highest BCUT2D eigenvalue weighted by Gasteiger charge is 2.18. The van der Waals surface area contributed by atoms with Gasteiger partial charge in [-0.1, -0.05) is 39.0 Å². The minimum atomic E-state index is 0.520. The number of nitrogens with zero attached hydrogens (tertiary/aromatic N) is 1. The molecule has 1 rings (SSSR count). The summed E-state index contributed by atoms with van der Waals surface area (Å²) in [5.74, 6) is 1.58. The van der Waals surface area contributed by atoms with Crippen molar-refractivity contribution in [3.05, 3.63) is 29.8 Å². The second-order valence-corrected chi connectivity index (χ2v) is 6.01. The Hall–Kier alpha value is -1.06. The second-order valence-electron chi connectivity index (χ2n) is 6.01. The van der Waals surface area contributed by atoms with E-state index in [9.17, 15) is 0 Å². The molecule has 1 aromatic rings. The molecule has 2 unspecified atom stereocenters. The number of nitrogens with one attached hydrogen (secondary N) is 1. The number of para-hydroxylation sites is 1. The highest BCUT2D eigenvalue weighted by molar-refractivity contribution is 5.33. The SMILES string of the molecule is COc1ccccc1CN(C)C(C)C(C)CNC(C)C. The lowest BCUT2D eigenvalue weighted by Gasteiger charge is -2.31. The molecule has 1 aromatic carbocycles. The first kappa shape index (κ1) is 17.0. The molecule has 0 amide bonds. The fraction of sp³-hybridized carbons (Fsp3) is 0.647. The monoisotopic (exact) mass is 278 g/mol. The third-order valence-electron chi connectivity index (χ3n) is 3.98. The zero-order chi connectivity index (χ0) is 15.1. The molecule has 0 saturated carbocycles. The molecular weight excluding hydrogens is 248 g/mol. The lowest BCUT2D eigenvalue weighted by Crippen LogP contribution is -2.40. The Morgan fingerprint density at radius 1 is 1.15 bits per heavy atom. The van der Waals surface area contributed by atoms with E-state index >= 15 is 0 Å². The molecule has 114 valence electrons. The summed E-state index contributed by atoms with van der Waals surface area (Å²) in [6.45, 7) is 10.9. The number of hydrogen-bond acceptors (Lipinski definition) is 3. The molecule has 20 heavy (non-hydrogen) atoms. The number of rotatable bonds is 8. The Labute approximate surface area is 124 Å². The van der Waals surface area contributed by atoms with Gasteiger partial charge in [-0.3, -0.25) is 4.90 Å². The molecule has 1 N–H and O–H groups in total. The normalized spacial score (nSPS) is 14.6. The number of ether oxygens (including phenoxy) is 1. The van der Waals surface area contributed by atoms with Gasteiger partial charge in [0.25, 0.3) is 0 Å². The molecule has 3 heteroatoms. The first-order chi connectivity index (χ1) is 9.45. The average Bonchev–Trinajstić information content (AvgIpc) is 2.44. The molecule has 0 saturated heterocycles. The highest BCUT2D eigenvalue weighted by atomic mass is 16.5. The predicted molar refractivity (Wildman–Crippen MR) is 86.2 cm³/mol. The molecule has 2 atom stereocenters. The Morgan fingerprint density at radius 3 is 2.40 bits per heavy atom. The molecule has 0 radical (unpaired) electrons. The van der Waals surface area contributed by atoms with E-state index in [2.05, 4.69) is 57.1 Å². The van der Waals surface area contributed by atoms with Crippen LogP contribution in [0.4, 0.5) is 0 Å². The van der Waals surface area contributed by atoms with Crippen molar-refractivity contribution >= 4 is 0 Å². The molecule has 0 aromatic heterocycles. The topological polar surface area (TPSA) is 24.5 Å². The molecule has 0 fully saturated rings. The van der Waals surface area contributed by atoms with Gasteiger partial charge in [-0.25, -0.2) is 0 Å². The Bertz CT molecular complexity index is 392. The molecule has 0 aliphatic carbocycles. The van der Waals surface area contributed by atoms with Gasteiger partial charge >= 0.3 is 0 Å². The van der Waals surface area contributed by atoms with Crippen molar-refractivity contribution in [1.82, 2.24) is 10.2 Å². The maximum absolute atomic E-state index is 5.43. The third kappa shape index (κ3) is 5.14. The molecule has 3 nitrogen and oxygen atoms in total. The summed E-state index contributed by atoms with van der Waals surface area (Å²) >= 11 is 0. The largest absolute Gasteiger partial charge is 0.496 e. The quantitative estimate of drug-likeness (QED) is 0.790. The van der Waals surface area contributed by atoms with Crippen molar-refractivity contribution in [2.24, 2.45) is 5.92 Å². The Morgan fingerprint density at radius 2 is 1.80 bits per heavy atom. The minimum Gasteiger partial charge on any atom is -0.496 e. The van der Waals surface area contributed by atoms with Crippen LogP contribution in [-0.2, 0) is 6.54 Å². The van der Waals surface area contributed by atoms with E-state index in [1.54, 1.807) is 7.11 Å². The van der Waals surface area contributed by atoms with Gasteiger partial charge < -0.3 is 10.1 Å². The zero-order valence-corrected chi connectivity index (χ0v) is 13.8. The van der Waals surface area contributed by atoms with Gasteiger partial charge in [-0.2, -0.15) is 0 Å². The molecular formula is C17H30N2O. The summed E-state index contributed by atoms with van der Waals surface area (Å²) < 4.78 is 5.43. The summed E-state index contributed by atoms with van der Waals surface area (Å²) in [7, 11) is 3.92. The van der Waals surface area contributed by atoms with Crippen LogP contribution in [0.15, 0.2) is 24.3 Å². The van der Waals surface area contributed by atoms with Crippen LogP contribution >= 0.6 is 0 Å². The van der Waals surface area contributed by atoms with Crippen molar-refractivity contribution < 1.29 is 4.74 Å². The summed E-state index contributed by atoms with van der Waals surface area (Å²) in [6.07, 6.45) is 0. The number of benzene rings is 1. The summed E-state index contributed by atoms with van der Waals surface area (Å²) in [4.78, 5) is 2.39. The molecule has 0 aliphatic heterocycles. The van der Waals surface area contributed by atoms with E-state index in [1.807, 2.05) is 12.1 Å². The fourth-order valence-corrected chi connectivity index (χ4v) is 2.27.